The molecule has 0 saturated carbocycles. The lowest BCUT2D eigenvalue weighted by molar-refractivity contribution is 0.414. The Hall–Kier alpha value is -2.18. The summed E-state index contributed by atoms with van der Waals surface area (Å²) in [7, 11) is 1.64. The first-order valence-corrected chi connectivity index (χ1v) is 8.57. The third kappa shape index (κ3) is 3.97. The average molecular weight is 388 g/mol. The minimum absolute atomic E-state index is 0.754. The monoisotopic (exact) mass is 387 g/mol. The van der Waals surface area contributed by atoms with Gasteiger partial charge in [-0.2, -0.15) is 5.10 Å². The molecule has 0 aliphatic rings. The summed E-state index contributed by atoms with van der Waals surface area (Å²) in [6.45, 7) is 0. The third-order valence-corrected chi connectivity index (χ3v) is 4.58. The molecule has 6 heteroatoms. The molecule has 1 N–H and O–H groups in total. The number of hydrazone groups is 1. The smallest absolute Gasteiger partial charge is 0.203 e. The van der Waals surface area contributed by atoms with Crippen LogP contribution in [0.4, 0.5) is 5.13 Å². The molecule has 0 unspecified atom stereocenters. The number of halogens is 1. The van der Waals surface area contributed by atoms with Crippen molar-refractivity contribution in [2.24, 2.45) is 5.10 Å². The fourth-order valence-electron chi connectivity index (χ4n) is 1.96. The van der Waals surface area contributed by atoms with Crippen molar-refractivity contribution in [1.82, 2.24) is 4.98 Å². The van der Waals surface area contributed by atoms with Gasteiger partial charge in [0, 0.05) is 21.0 Å². The topological polar surface area (TPSA) is 46.5 Å². The Morgan fingerprint density at radius 1 is 1.22 bits per heavy atom. The van der Waals surface area contributed by atoms with Crippen LogP contribution in [0.15, 0.2) is 63.5 Å². The quantitative estimate of drug-likeness (QED) is 0.493. The number of anilines is 1. The van der Waals surface area contributed by atoms with Crippen molar-refractivity contribution in [2.75, 3.05) is 12.5 Å². The van der Waals surface area contributed by atoms with Crippen LogP contribution in [0.3, 0.4) is 0 Å². The molecule has 0 saturated heterocycles. The van der Waals surface area contributed by atoms with Gasteiger partial charge < -0.3 is 4.74 Å². The average Bonchev–Trinajstić information content (AvgIpc) is 3.06. The van der Waals surface area contributed by atoms with Gasteiger partial charge >= 0.3 is 0 Å². The molecule has 0 radical (unpaired) electrons. The van der Waals surface area contributed by atoms with E-state index in [1.807, 2.05) is 53.9 Å². The van der Waals surface area contributed by atoms with E-state index in [4.69, 9.17) is 4.74 Å². The van der Waals surface area contributed by atoms with Crippen LogP contribution in [0.5, 0.6) is 5.75 Å². The van der Waals surface area contributed by atoms with Crippen molar-refractivity contribution in [3.63, 3.8) is 0 Å². The second kappa shape index (κ2) is 7.39. The lowest BCUT2D eigenvalue weighted by atomic mass is 10.2. The van der Waals surface area contributed by atoms with Crippen LogP contribution < -0.4 is 10.2 Å². The van der Waals surface area contributed by atoms with E-state index < -0.39 is 0 Å². The summed E-state index contributed by atoms with van der Waals surface area (Å²) in [6, 6.07) is 15.8. The van der Waals surface area contributed by atoms with Gasteiger partial charge in [0.15, 0.2) is 0 Å². The zero-order valence-corrected chi connectivity index (χ0v) is 14.8. The van der Waals surface area contributed by atoms with Gasteiger partial charge in [-0.25, -0.2) is 4.98 Å². The minimum atomic E-state index is 0.754. The van der Waals surface area contributed by atoms with Crippen LogP contribution in [0.2, 0.25) is 0 Å². The third-order valence-electron chi connectivity index (χ3n) is 3.15. The number of methoxy groups -OCH3 is 1. The van der Waals surface area contributed by atoms with E-state index in [9.17, 15) is 0 Å². The number of hydrogen-bond donors (Lipinski definition) is 1. The first kappa shape index (κ1) is 15.7. The number of thiazole rings is 1. The van der Waals surface area contributed by atoms with Gasteiger partial charge in [-0.05, 0) is 34.1 Å². The summed E-state index contributed by atoms with van der Waals surface area (Å²) >= 11 is 5.02. The number of hydrogen-bond acceptors (Lipinski definition) is 5. The van der Waals surface area contributed by atoms with Crippen LogP contribution in [-0.2, 0) is 0 Å². The summed E-state index contributed by atoms with van der Waals surface area (Å²) < 4.78 is 6.09. The van der Waals surface area contributed by atoms with Crippen molar-refractivity contribution in [3.05, 3.63) is 63.9 Å². The van der Waals surface area contributed by atoms with Crippen molar-refractivity contribution < 1.29 is 4.74 Å². The Bertz CT molecular complexity index is 818. The van der Waals surface area contributed by atoms with E-state index in [-0.39, 0.29) is 0 Å². The largest absolute Gasteiger partial charge is 0.497 e. The van der Waals surface area contributed by atoms with Gasteiger partial charge in [-0.1, -0.05) is 30.3 Å². The van der Waals surface area contributed by atoms with Crippen LogP contribution in [0, 0.1) is 0 Å². The molecule has 23 heavy (non-hydrogen) atoms. The van der Waals surface area contributed by atoms with Gasteiger partial charge in [-0.15, -0.1) is 11.3 Å². The molecule has 3 rings (SSSR count). The molecular formula is C17H14BrN3OS. The molecule has 0 aliphatic heterocycles. The molecule has 1 heterocycles. The van der Waals surface area contributed by atoms with E-state index in [1.54, 1.807) is 13.3 Å². The molecule has 0 bridgehead atoms. The molecule has 4 nitrogen and oxygen atoms in total. The first-order chi connectivity index (χ1) is 11.3. The van der Waals surface area contributed by atoms with Gasteiger partial charge in [0.2, 0.25) is 5.13 Å². The molecule has 116 valence electrons. The maximum absolute atomic E-state index is 5.17. The molecule has 3 aromatic rings. The van der Waals surface area contributed by atoms with Crippen molar-refractivity contribution >= 4 is 38.6 Å². The van der Waals surface area contributed by atoms with E-state index in [2.05, 4.69) is 31.4 Å². The second-order valence-corrected chi connectivity index (χ2v) is 6.37. The number of ether oxygens (including phenoxy) is 1. The Morgan fingerprint density at radius 3 is 2.78 bits per heavy atom. The van der Waals surface area contributed by atoms with Crippen LogP contribution in [-0.4, -0.2) is 18.3 Å². The fraction of sp³-hybridized carbons (Fsp3) is 0.0588. The highest BCUT2D eigenvalue weighted by atomic mass is 79.9. The molecular weight excluding hydrogens is 374 g/mol. The maximum atomic E-state index is 5.17. The Morgan fingerprint density at radius 2 is 2.04 bits per heavy atom. The van der Waals surface area contributed by atoms with Crippen LogP contribution >= 0.6 is 27.3 Å². The number of rotatable bonds is 5. The van der Waals surface area contributed by atoms with Crippen molar-refractivity contribution in [2.45, 2.75) is 0 Å². The summed E-state index contributed by atoms with van der Waals surface area (Å²) in [4.78, 5) is 4.52. The summed E-state index contributed by atoms with van der Waals surface area (Å²) in [5, 5.41) is 7.00. The van der Waals surface area contributed by atoms with Gasteiger partial charge in [0.25, 0.3) is 0 Å². The standard InChI is InChI=1S/C17H14BrN3OS/c1-22-14-8-7-13(15(18)9-14)10-19-21-17-20-16(11-23-17)12-5-3-2-4-6-12/h2-11H,1H3,(H,20,21). The maximum Gasteiger partial charge on any atom is 0.203 e. The highest BCUT2D eigenvalue weighted by molar-refractivity contribution is 9.10. The molecule has 2 aromatic carbocycles. The predicted molar refractivity (Wildman–Crippen MR) is 99.5 cm³/mol. The summed E-state index contributed by atoms with van der Waals surface area (Å²) in [6.07, 6.45) is 1.74. The highest BCUT2D eigenvalue weighted by Crippen LogP contribution is 2.25. The zero-order valence-electron chi connectivity index (χ0n) is 12.4. The Labute approximate surface area is 147 Å². The van der Waals surface area contributed by atoms with E-state index in [1.165, 1.54) is 11.3 Å². The highest BCUT2D eigenvalue weighted by Gasteiger charge is 2.03. The molecule has 0 spiro atoms. The SMILES string of the molecule is COc1ccc(C=NNc2nc(-c3ccccc3)cs2)c(Br)c1. The normalized spacial score (nSPS) is 10.9. The van der Waals surface area contributed by atoms with Gasteiger partial charge in [-0.3, -0.25) is 5.43 Å². The van der Waals surface area contributed by atoms with Gasteiger partial charge in [0.05, 0.1) is 19.0 Å². The van der Waals surface area contributed by atoms with E-state index >= 15 is 0 Å². The molecule has 1 aromatic heterocycles. The Kier molecular flexibility index (Phi) is 5.05. The molecule has 0 aliphatic carbocycles. The Balaban J connectivity index is 1.68. The number of benzene rings is 2. The summed E-state index contributed by atoms with van der Waals surface area (Å²) in [5.74, 6) is 0.800. The summed E-state index contributed by atoms with van der Waals surface area (Å²) in [5.41, 5.74) is 5.96. The first-order valence-electron chi connectivity index (χ1n) is 6.90. The number of aromatic nitrogens is 1. The number of nitrogens with zero attached hydrogens (tertiary/aromatic N) is 2. The van der Waals surface area contributed by atoms with Crippen LogP contribution in [0.1, 0.15) is 5.56 Å². The minimum Gasteiger partial charge on any atom is -0.497 e. The fourth-order valence-corrected chi connectivity index (χ4v) is 3.09. The zero-order chi connectivity index (χ0) is 16.1. The van der Waals surface area contributed by atoms with Gasteiger partial charge in [0.1, 0.15) is 5.75 Å². The van der Waals surface area contributed by atoms with E-state index in [0.29, 0.717) is 0 Å². The molecule has 0 atom stereocenters. The lowest BCUT2D eigenvalue weighted by Gasteiger charge is -2.02. The number of nitrogens with one attached hydrogen (secondary N) is 1. The van der Waals surface area contributed by atoms with Crippen molar-refractivity contribution in [3.8, 4) is 17.0 Å². The van der Waals surface area contributed by atoms with Crippen molar-refractivity contribution in [1.29, 1.82) is 0 Å². The van der Waals surface area contributed by atoms with Crippen LogP contribution in [0.25, 0.3) is 11.3 Å². The lowest BCUT2D eigenvalue weighted by Crippen LogP contribution is -1.92. The second-order valence-electron chi connectivity index (χ2n) is 4.66. The van der Waals surface area contributed by atoms with E-state index in [0.717, 1.165) is 32.2 Å². The molecule has 0 amide bonds. The predicted octanol–water partition coefficient (Wildman–Crippen LogP) is 5.03. The molecule has 0 fully saturated rings.